The molecule has 124 valence electrons. The minimum absolute atomic E-state index is 0.319. The van der Waals surface area contributed by atoms with Gasteiger partial charge in [-0.25, -0.2) is 0 Å². The summed E-state index contributed by atoms with van der Waals surface area (Å²) in [7, 11) is 0. The zero-order chi connectivity index (χ0) is 17.7. The van der Waals surface area contributed by atoms with Crippen LogP contribution in [0.1, 0.15) is 16.9 Å². The molecule has 0 saturated heterocycles. The number of rotatable bonds is 2. The number of hydrogen-bond acceptors (Lipinski definition) is 3. The first-order valence-corrected chi connectivity index (χ1v) is 8.33. The van der Waals surface area contributed by atoms with Gasteiger partial charge in [-0.1, -0.05) is 40.9 Å². The quantitative estimate of drug-likeness (QED) is 0.281. The molecule has 0 atom stereocenters. The van der Waals surface area contributed by atoms with Crippen molar-refractivity contribution in [3.05, 3.63) is 84.5 Å². The summed E-state index contributed by atoms with van der Waals surface area (Å²) >= 11 is 18.7. The van der Waals surface area contributed by atoms with Crippen molar-refractivity contribution >= 4 is 52.3 Å². The molecule has 25 heavy (non-hydrogen) atoms. The molecule has 4 nitrogen and oxygen atoms in total. The highest BCUT2D eigenvalue weighted by atomic mass is 35.5. The summed E-state index contributed by atoms with van der Waals surface area (Å²) in [4.78, 5) is 10.2. The van der Waals surface area contributed by atoms with Crippen molar-refractivity contribution in [3.8, 4) is 11.1 Å². The minimum Gasteiger partial charge on any atom is -0.401 e. The van der Waals surface area contributed by atoms with Crippen LogP contribution in [0.15, 0.2) is 46.9 Å². The largest absolute Gasteiger partial charge is 0.433 e. The number of halogens is 3. The van der Waals surface area contributed by atoms with Crippen LogP contribution in [0, 0.1) is 10.1 Å². The van der Waals surface area contributed by atoms with E-state index < -0.39 is 4.92 Å². The normalized spacial score (nSPS) is 13.8. The van der Waals surface area contributed by atoms with Gasteiger partial charge in [0.05, 0.1) is 11.1 Å². The van der Waals surface area contributed by atoms with Crippen LogP contribution >= 0.6 is 34.8 Å². The molecule has 7 heteroatoms. The van der Waals surface area contributed by atoms with E-state index >= 15 is 0 Å². The third kappa shape index (κ3) is 2.72. The lowest BCUT2D eigenvalue weighted by molar-refractivity contribution is -0.402. The monoisotopic (exact) mass is 391 g/mol. The molecule has 3 aromatic rings. The zero-order valence-corrected chi connectivity index (χ0v) is 14.7. The van der Waals surface area contributed by atoms with E-state index in [4.69, 9.17) is 39.2 Å². The van der Waals surface area contributed by atoms with Gasteiger partial charge in [0.15, 0.2) is 0 Å². The smallest absolute Gasteiger partial charge is 0.401 e. The van der Waals surface area contributed by atoms with E-state index in [2.05, 4.69) is 0 Å². The van der Waals surface area contributed by atoms with Gasteiger partial charge in [0, 0.05) is 15.6 Å². The first-order chi connectivity index (χ1) is 11.9. The SMILES string of the molecule is O=[N+]([O-])c1ccc(/C=C2/c3cc(Cl)ccc3-c3c(Cl)cc(Cl)cc32)o1. The first kappa shape index (κ1) is 16.2. The molecule has 0 N–H and O–H groups in total. The highest BCUT2D eigenvalue weighted by Gasteiger charge is 2.27. The molecule has 0 fully saturated rings. The Morgan fingerprint density at radius 2 is 1.68 bits per heavy atom. The molecule has 1 aromatic heterocycles. The molecule has 0 bridgehead atoms. The summed E-state index contributed by atoms with van der Waals surface area (Å²) < 4.78 is 5.25. The predicted octanol–water partition coefficient (Wildman–Crippen LogP) is 6.72. The van der Waals surface area contributed by atoms with E-state index in [9.17, 15) is 10.1 Å². The average Bonchev–Trinajstić information content (AvgIpc) is 3.12. The minimum atomic E-state index is -0.580. The average molecular weight is 393 g/mol. The van der Waals surface area contributed by atoms with Crippen LogP contribution in [0.25, 0.3) is 22.8 Å². The van der Waals surface area contributed by atoms with E-state index in [0.717, 1.165) is 27.8 Å². The molecule has 4 rings (SSSR count). The van der Waals surface area contributed by atoms with Crippen LogP contribution < -0.4 is 0 Å². The fraction of sp³-hybridized carbons (Fsp3) is 0. The summed E-state index contributed by atoms with van der Waals surface area (Å²) in [5.41, 5.74) is 4.26. The van der Waals surface area contributed by atoms with E-state index in [1.807, 2.05) is 12.1 Å². The number of furan rings is 1. The van der Waals surface area contributed by atoms with Gasteiger partial charge in [-0.2, -0.15) is 0 Å². The second-order valence-electron chi connectivity index (χ2n) is 5.49. The summed E-state index contributed by atoms with van der Waals surface area (Å²) in [5, 5.41) is 12.4. The first-order valence-electron chi connectivity index (χ1n) is 7.19. The third-order valence-corrected chi connectivity index (χ3v) is 4.72. The molecule has 0 amide bonds. The lowest BCUT2D eigenvalue weighted by Gasteiger charge is -2.04. The van der Waals surface area contributed by atoms with Gasteiger partial charge in [0.2, 0.25) is 0 Å². The Hall–Kier alpha value is -2.27. The molecular weight excluding hydrogens is 385 g/mol. The molecule has 0 radical (unpaired) electrons. The Bertz CT molecular complexity index is 1070. The van der Waals surface area contributed by atoms with Gasteiger partial charge in [-0.15, -0.1) is 0 Å². The van der Waals surface area contributed by atoms with E-state index in [-0.39, 0.29) is 5.88 Å². The predicted molar refractivity (Wildman–Crippen MR) is 99.2 cm³/mol. The highest BCUT2D eigenvalue weighted by Crippen LogP contribution is 2.50. The van der Waals surface area contributed by atoms with Gasteiger partial charge in [-0.3, -0.25) is 10.1 Å². The Kier molecular flexibility index (Phi) is 3.84. The summed E-state index contributed by atoms with van der Waals surface area (Å²) in [5.74, 6) is 0.0390. The highest BCUT2D eigenvalue weighted by molar-refractivity contribution is 6.38. The molecular formula is C18H8Cl3NO3. The lowest BCUT2D eigenvalue weighted by Crippen LogP contribution is -1.83. The number of fused-ring (bicyclic) bond motifs is 3. The van der Waals surface area contributed by atoms with Crippen LogP contribution in [-0.2, 0) is 0 Å². The molecule has 1 heterocycles. The topological polar surface area (TPSA) is 56.3 Å². The van der Waals surface area contributed by atoms with Crippen molar-refractivity contribution in [1.29, 1.82) is 0 Å². The number of nitro groups is 1. The van der Waals surface area contributed by atoms with Crippen molar-refractivity contribution in [2.75, 3.05) is 0 Å². The standard InChI is InChI=1S/C18H8Cl3NO3/c19-9-1-3-12-13(5-9)14(8-11-2-4-17(25-11)22(23)24)15-6-10(20)7-16(21)18(12)15/h1-8H/b14-8-. The second kappa shape index (κ2) is 5.92. The lowest BCUT2D eigenvalue weighted by atomic mass is 10.0. The van der Waals surface area contributed by atoms with Gasteiger partial charge in [-0.05, 0) is 58.7 Å². The second-order valence-corrected chi connectivity index (χ2v) is 6.77. The Balaban J connectivity index is 1.97. The third-order valence-electron chi connectivity index (χ3n) is 3.97. The van der Waals surface area contributed by atoms with E-state index in [1.54, 1.807) is 30.3 Å². The molecule has 0 saturated carbocycles. The van der Waals surface area contributed by atoms with Crippen LogP contribution in [-0.4, -0.2) is 4.92 Å². The van der Waals surface area contributed by atoms with Crippen LogP contribution in [0.3, 0.4) is 0 Å². The van der Waals surface area contributed by atoms with Gasteiger partial charge in [0.25, 0.3) is 0 Å². The fourth-order valence-corrected chi connectivity index (χ4v) is 3.75. The Labute approximate surface area is 157 Å². The Morgan fingerprint density at radius 1 is 0.920 bits per heavy atom. The van der Waals surface area contributed by atoms with E-state index in [1.165, 1.54) is 6.07 Å². The van der Waals surface area contributed by atoms with Gasteiger partial charge < -0.3 is 4.42 Å². The fourth-order valence-electron chi connectivity index (χ4n) is 2.98. The van der Waals surface area contributed by atoms with Crippen molar-refractivity contribution in [3.63, 3.8) is 0 Å². The van der Waals surface area contributed by atoms with Gasteiger partial charge in [0.1, 0.15) is 10.7 Å². The maximum absolute atomic E-state index is 10.8. The molecule has 2 aromatic carbocycles. The molecule has 0 spiro atoms. The molecule has 0 aliphatic heterocycles. The molecule has 1 aliphatic rings. The summed E-state index contributed by atoms with van der Waals surface area (Å²) in [6, 6.07) is 11.8. The van der Waals surface area contributed by atoms with Crippen LogP contribution in [0.4, 0.5) is 5.88 Å². The van der Waals surface area contributed by atoms with Crippen molar-refractivity contribution < 1.29 is 9.34 Å². The molecule has 0 unspecified atom stereocenters. The van der Waals surface area contributed by atoms with Crippen LogP contribution in [0.5, 0.6) is 0 Å². The summed E-state index contributed by atoms with van der Waals surface area (Å²) in [6.07, 6.45) is 1.72. The number of benzene rings is 2. The van der Waals surface area contributed by atoms with Crippen LogP contribution in [0.2, 0.25) is 15.1 Å². The van der Waals surface area contributed by atoms with E-state index in [0.29, 0.717) is 20.8 Å². The Morgan fingerprint density at radius 3 is 2.40 bits per heavy atom. The molecule has 1 aliphatic carbocycles. The summed E-state index contributed by atoms with van der Waals surface area (Å²) in [6.45, 7) is 0. The number of nitrogens with zero attached hydrogens (tertiary/aromatic N) is 1. The zero-order valence-electron chi connectivity index (χ0n) is 12.4. The maximum atomic E-state index is 10.8. The van der Waals surface area contributed by atoms with Crippen molar-refractivity contribution in [2.24, 2.45) is 0 Å². The van der Waals surface area contributed by atoms with Crippen molar-refractivity contribution in [2.45, 2.75) is 0 Å². The maximum Gasteiger partial charge on any atom is 0.433 e. The van der Waals surface area contributed by atoms with Gasteiger partial charge >= 0.3 is 5.88 Å². The van der Waals surface area contributed by atoms with Crippen molar-refractivity contribution in [1.82, 2.24) is 0 Å². The number of hydrogen-bond donors (Lipinski definition) is 0.